The van der Waals surface area contributed by atoms with Gasteiger partial charge in [0.05, 0.1) is 16.4 Å². The van der Waals surface area contributed by atoms with E-state index in [9.17, 15) is 4.57 Å². The van der Waals surface area contributed by atoms with Crippen LogP contribution in [0.3, 0.4) is 0 Å². The van der Waals surface area contributed by atoms with Crippen molar-refractivity contribution in [3.05, 3.63) is 9.75 Å². The number of thiophene rings is 1. The summed E-state index contributed by atoms with van der Waals surface area (Å²) in [5, 5.41) is 0. The highest BCUT2D eigenvalue weighted by Gasteiger charge is 2.33. The van der Waals surface area contributed by atoms with Gasteiger partial charge in [-0.15, -0.1) is 11.3 Å². The molecule has 2 rings (SSSR count). The Bertz CT molecular complexity index is 581. The highest BCUT2D eigenvalue weighted by molar-refractivity contribution is 7.46. The van der Waals surface area contributed by atoms with Gasteiger partial charge >= 0.3 is 7.82 Å². The molecule has 1 aromatic heterocycles. The Morgan fingerprint density at radius 2 is 1.78 bits per heavy atom. The van der Waals surface area contributed by atoms with Gasteiger partial charge in [-0.2, -0.15) is 0 Å². The lowest BCUT2D eigenvalue weighted by atomic mass is 10.0. The first-order chi connectivity index (χ1) is 10.8. The first-order valence-electron chi connectivity index (χ1n) is 7.92. The van der Waals surface area contributed by atoms with E-state index in [-0.39, 0.29) is 13.2 Å². The third-order valence-corrected chi connectivity index (χ3v) is 6.22. The van der Waals surface area contributed by atoms with Crippen LogP contribution in [0.25, 0.3) is 0 Å². The standard InChI is InChI=1S/C15H25O6PS/c1-5-9(3)14-12-13(15(23-14)10(4)6-2)21-11(7-19-12)8-20-22(16,17)18/h9-11H,5-8H2,1-4H3,(H2,16,17,18). The Kier molecular flexibility index (Phi) is 6.14. The molecule has 8 heteroatoms. The molecule has 1 aliphatic heterocycles. The molecule has 3 atom stereocenters. The summed E-state index contributed by atoms with van der Waals surface area (Å²) in [6.07, 6.45) is 1.48. The van der Waals surface area contributed by atoms with E-state index in [1.165, 1.54) is 4.88 Å². The second-order valence-corrected chi connectivity index (χ2v) is 8.27. The molecule has 0 spiro atoms. The Labute approximate surface area is 141 Å². The summed E-state index contributed by atoms with van der Waals surface area (Å²) >= 11 is 1.72. The molecule has 0 saturated heterocycles. The largest absolute Gasteiger partial charge is 0.485 e. The van der Waals surface area contributed by atoms with E-state index in [0.29, 0.717) is 11.8 Å². The normalized spacial score (nSPS) is 20.3. The van der Waals surface area contributed by atoms with Crippen LogP contribution < -0.4 is 9.47 Å². The number of phosphoric acid groups is 1. The highest BCUT2D eigenvalue weighted by Crippen LogP contribution is 2.51. The van der Waals surface area contributed by atoms with Crippen molar-refractivity contribution in [1.29, 1.82) is 0 Å². The molecule has 0 fully saturated rings. The Hall–Kier alpha value is -0.590. The Balaban J connectivity index is 2.25. The summed E-state index contributed by atoms with van der Waals surface area (Å²) in [7, 11) is -4.50. The molecule has 23 heavy (non-hydrogen) atoms. The molecular weight excluding hydrogens is 339 g/mol. The van der Waals surface area contributed by atoms with E-state index >= 15 is 0 Å². The fraction of sp³-hybridized carbons (Fsp3) is 0.733. The Morgan fingerprint density at radius 1 is 1.22 bits per heavy atom. The van der Waals surface area contributed by atoms with Crippen molar-refractivity contribution < 1.29 is 28.3 Å². The minimum Gasteiger partial charge on any atom is -0.485 e. The molecule has 6 nitrogen and oxygen atoms in total. The van der Waals surface area contributed by atoms with Gasteiger partial charge in [0.15, 0.2) is 17.6 Å². The zero-order chi connectivity index (χ0) is 17.2. The fourth-order valence-electron chi connectivity index (χ4n) is 2.34. The first-order valence-corrected chi connectivity index (χ1v) is 10.3. The maximum atomic E-state index is 10.9. The van der Waals surface area contributed by atoms with Crippen LogP contribution >= 0.6 is 19.2 Å². The van der Waals surface area contributed by atoms with Gasteiger partial charge < -0.3 is 19.3 Å². The van der Waals surface area contributed by atoms with Crippen molar-refractivity contribution in [2.24, 2.45) is 0 Å². The second kappa shape index (κ2) is 7.53. The summed E-state index contributed by atoms with van der Waals surface area (Å²) < 4.78 is 27.3. The van der Waals surface area contributed by atoms with Crippen LogP contribution in [0.15, 0.2) is 0 Å². The maximum Gasteiger partial charge on any atom is 0.469 e. The lowest BCUT2D eigenvalue weighted by Gasteiger charge is -2.27. The summed E-state index contributed by atoms with van der Waals surface area (Å²) in [6, 6.07) is 0. The van der Waals surface area contributed by atoms with Gasteiger partial charge in [0.2, 0.25) is 0 Å². The molecule has 0 radical (unpaired) electrons. The van der Waals surface area contributed by atoms with E-state index in [1.54, 1.807) is 11.3 Å². The van der Waals surface area contributed by atoms with Gasteiger partial charge in [0.1, 0.15) is 6.61 Å². The fourth-order valence-corrected chi connectivity index (χ4v) is 4.15. The monoisotopic (exact) mass is 364 g/mol. The van der Waals surface area contributed by atoms with Crippen molar-refractivity contribution in [2.45, 2.75) is 58.5 Å². The third-order valence-electron chi connectivity index (χ3n) is 4.12. The molecule has 0 bridgehead atoms. The summed E-state index contributed by atoms with van der Waals surface area (Å²) in [5.41, 5.74) is 0. The molecule has 2 N–H and O–H groups in total. The smallest absolute Gasteiger partial charge is 0.469 e. The lowest BCUT2D eigenvalue weighted by Crippen LogP contribution is -2.33. The molecule has 0 aromatic carbocycles. The molecule has 0 aliphatic carbocycles. The highest BCUT2D eigenvalue weighted by atomic mass is 32.1. The summed E-state index contributed by atoms with van der Waals surface area (Å²) in [4.78, 5) is 20.0. The van der Waals surface area contributed by atoms with Crippen molar-refractivity contribution in [1.82, 2.24) is 0 Å². The van der Waals surface area contributed by atoms with Gasteiger partial charge in [0, 0.05) is 0 Å². The zero-order valence-corrected chi connectivity index (χ0v) is 15.7. The van der Waals surface area contributed by atoms with E-state index < -0.39 is 13.9 Å². The van der Waals surface area contributed by atoms with E-state index in [4.69, 9.17) is 19.3 Å². The van der Waals surface area contributed by atoms with E-state index in [1.807, 2.05) is 0 Å². The Morgan fingerprint density at radius 3 is 2.30 bits per heavy atom. The lowest BCUT2D eigenvalue weighted by molar-refractivity contribution is 0.0420. The zero-order valence-electron chi connectivity index (χ0n) is 13.9. The molecule has 3 unspecified atom stereocenters. The molecular formula is C15H25O6PS. The van der Waals surface area contributed by atoms with Crippen LogP contribution in [0, 0.1) is 0 Å². The SMILES string of the molecule is CCC(C)c1sc(C(C)CC)c2c1OCC(COP(=O)(O)O)O2. The van der Waals surface area contributed by atoms with Crippen LogP contribution in [0.2, 0.25) is 0 Å². The summed E-state index contributed by atoms with van der Waals surface area (Å²) in [5.74, 6) is 2.26. The van der Waals surface area contributed by atoms with Crippen LogP contribution in [0.4, 0.5) is 0 Å². The number of hydrogen-bond donors (Lipinski definition) is 2. The number of phosphoric ester groups is 1. The number of rotatable bonds is 7. The molecule has 132 valence electrons. The van der Waals surface area contributed by atoms with Crippen LogP contribution in [-0.4, -0.2) is 29.1 Å². The van der Waals surface area contributed by atoms with Crippen molar-refractivity contribution in [2.75, 3.05) is 13.2 Å². The number of fused-ring (bicyclic) bond motifs is 1. The summed E-state index contributed by atoms with van der Waals surface area (Å²) in [6.45, 7) is 8.60. The van der Waals surface area contributed by atoms with Crippen LogP contribution in [-0.2, 0) is 9.09 Å². The molecule has 0 saturated carbocycles. The van der Waals surface area contributed by atoms with Gasteiger partial charge in [-0.3, -0.25) is 4.52 Å². The molecule has 1 aliphatic rings. The minimum atomic E-state index is -4.50. The molecule has 1 aromatic rings. The van der Waals surface area contributed by atoms with Gasteiger partial charge in [0.25, 0.3) is 0 Å². The molecule has 0 amide bonds. The third kappa shape index (κ3) is 4.48. The van der Waals surface area contributed by atoms with Crippen molar-refractivity contribution >= 4 is 19.2 Å². The number of hydrogen-bond acceptors (Lipinski definition) is 5. The maximum absolute atomic E-state index is 10.9. The average molecular weight is 364 g/mol. The average Bonchev–Trinajstić information content (AvgIpc) is 2.89. The minimum absolute atomic E-state index is 0.196. The predicted octanol–water partition coefficient (Wildman–Crippen LogP) is 4.02. The van der Waals surface area contributed by atoms with E-state index in [0.717, 1.165) is 29.2 Å². The van der Waals surface area contributed by atoms with Gasteiger partial charge in [-0.25, -0.2) is 4.57 Å². The van der Waals surface area contributed by atoms with Gasteiger partial charge in [-0.05, 0) is 24.7 Å². The van der Waals surface area contributed by atoms with Crippen molar-refractivity contribution in [3.8, 4) is 11.5 Å². The molecule has 2 heterocycles. The van der Waals surface area contributed by atoms with Crippen LogP contribution in [0.5, 0.6) is 11.5 Å². The predicted molar refractivity (Wildman–Crippen MR) is 89.6 cm³/mol. The van der Waals surface area contributed by atoms with Gasteiger partial charge in [-0.1, -0.05) is 27.7 Å². The van der Waals surface area contributed by atoms with Crippen LogP contribution in [0.1, 0.15) is 62.1 Å². The van der Waals surface area contributed by atoms with Crippen molar-refractivity contribution in [3.63, 3.8) is 0 Å². The second-order valence-electron chi connectivity index (χ2n) is 5.94. The topological polar surface area (TPSA) is 85.2 Å². The first kappa shape index (κ1) is 18.7. The quantitative estimate of drug-likeness (QED) is 0.711. The number of ether oxygens (including phenoxy) is 2. The van der Waals surface area contributed by atoms with E-state index in [2.05, 4.69) is 32.2 Å².